The minimum absolute atomic E-state index is 0. The van der Waals surface area contributed by atoms with Gasteiger partial charge in [-0.2, -0.15) is 0 Å². The number of carbonyl (C=O) groups excluding carboxylic acids is 2. The summed E-state index contributed by atoms with van der Waals surface area (Å²) in [5, 5.41) is 0. The van der Waals surface area contributed by atoms with Crippen LogP contribution in [0.4, 0.5) is 0 Å². The molecule has 1 rings (SSSR count). The zero-order chi connectivity index (χ0) is 12.0. The fraction of sp³-hybridized carbons (Fsp3) is 0.231. The maximum Gasteiger partial charge on any atom is 1.00 e. The third-order valence-corrected chi connectivity index (χ3v) is 2.02. The second-order valence-corrected chi connectivity index (χ2v) is 3.53. The minimum atomic E-state index is -0.655. The van der Waals surface area contributed by atoms with E-state index in [-0.39, 0.29) is 32.3 Å². The van der Waals surface area contributed by atoms with Crippen LogP contribution in [0.25, 0.3) is 0 Å². The molecule has 0 atom stereocenters. The van der Waals surface area contributed by atoms with Crippen LogP contribution in [0.3, 0.4) is 0 Å². The quantitative estimate of drug-likeness (QED) is 0.297. The molecule has 0 bridgehead atoms. The molecule has 86 valence electrons. The average molecular weight is 226 g/mol. The maximum atomic E-state index is 11.2. The van der Waals surface area contributed by atoms with E-state index in [9.17, 15) is 9.59 Å². The Morgan fingerprint density at radius 2 is 1.88 bits per heavy atom. The molecule has 0 fully saturated rings. The van der Waals surface area contributed by atoms with Crippen LogP contribution in [-0.4, -0.2) is 11.9 Å². The van der Waals surface area contributed by atoms with Crippen LogP contribution in [0.1, 0.15) is 20.3 Å². The molecule has 0 aliphatic rings. The van der Waals surface area contributed by atoms with Gasteiger partial charge < -0.3 is 6.16 Å². The number of ether oxygens (including phenoxy) is 1. The Morgan fingerprint density at radius 3 is 2.41 bits per heavy atom. The van der Waals surface area contributed by atoms with Crippen LogP contribution in [-0.2, 0) is 20.7 Å². The summed E-state index contributed by atoms with van der Waals surface area (Å²) in [6.07, 6.45) is 0.770. The smallest absolute Gasteiger partial charge is 1.00 e. The Morgan fingerprint density at radius 1 is 1.29 bits per heavy atom. The molecule has 4 heteroatoms. The van der Waals surface area contributed by atoms with Gasteiger partial charge in [0.05, 0.1) is 6.42 Å². The molecule has 0 spiro atoms. The van der Waals surface area contributed by atoms with Gasteiger partial charge in [0, 0.05) is 5.57 Å². The van der Waals surface area contributed by atoms with Gasteiger partial charge in [0.15, 0.2) is 0 Å². The standard InChI is InChI=1S/C13H14O3.Li.H/c1-10(2)13(15)16-12(14)9-8-11-6-4-3-5-7-11;;/h3-7H,1,8-9H2,2H3;;/q;+1;-1. The molecule has 0 aliphatic carbocycles. The molecule has 1 aromatic carbocycles. The second-order valence-electron chi connectivity index (χ2n) is 3.53. The number of carbonyl (C=O) groups is 2. The van der Waals surface area contributed by atoms with Crippen molar-refractivity contribution in [1.82, 2.24) is 0 Å². The number of aryl methyl sites for hydroxylation is 1. The predicted molar refractivity (Wildman–Crippen MR) is 61.8 cm³/mol. The fourth-order valence-corrected chi connectivity index (χ4v) is 1.13. The Hall–Kier alpha value is -1.30. The topological polar surface area (TPSA) is 43.4 Å². The molecule has 0 radical (unpaired) electrons. The third-order valence-electron chi connectivity index (χ3n) is 2.02. The van der Waals surface area contributed by atoms with Crippen molar-refractivity contribution in [2.45, 2.75) is 19.8 Å². The van der Waals surface area contributed by atoms with E-state index in [1.54, 1.807) is 0 Å². The summed E-state index contributed by atoms with van der Waals surface area (Å²) in [5.74, 6) is -1.17. The molecule has 17 heavy (non-hydrogen) atoms. The summed E-state index contributed by atoms with van der Waals surface area (Å²) in [7, 11) is 0. The van der Waals surface area contributed by atoms with E-state index in [1.165, 1.54) is 6.92 Å². The van der Waals surface area contributed by atoms with Gasteiger partial charge in [-0.3, -0.25) is 4.79 Å². The zero-order valence-electron chi connectivity index (χ0n) is 11.2. The van der Waals surface area contributed by atoms with Crippen molar-refractivity contribution in [3.8, 4) is 0 Å². The molecule has 3 nitrogen and oxygen atoms in total. The van der Waals surface area contributed by atoms with Gasteiger partial charge in [0.25, 0.3) is 0 Å². The molecule has 0 heterocycles. The van der Waals surface area contributed by atoms with Crippen molar-refractivity contribution >= 4 is 11.9 Å². The Balaban J connectivity index is 0. The van der Waals surface area contributed by atoms with E-state index < -0.39 is 11.9 Å². The zero-order valence-corrected chi connectivity index (χ0v) is 10.2. The summed E-state index contributed by atoms with van der Waals surface area (Å²) in [5.41, 5.74) is 1.27. The Kier molecular flexibility index (Phi) is 7.28. The molecule has 1 aromatic rings. The summed E-state index contributed by atoms with van der Waals surface area (Å²) in [6.45, 7) is 4.91. The molecule has 0 unspecified atom stereocenters. The number of rotatable bonds is 4. The molecule has 0 amide bonds. The third kappa shape index (κ3) is 6.11. The molecule has 0 N–H and O–H groups in total. The first-order valence-electron chi connectivity index (χ1n) is 5.04. The van der Waals surface area contributed by atoms with Gasteiger partial charge in [-0.1, -0.05) is 36.9 Å². The van der Waals surface area contributed by atoms with Gasteiger partial charge in [0.1, 0.15) is 0 Å². The van der Waals surface area contributed by atoms with Crippen molar-refractivity contribution < 1.29 is 34.6 Å². The number of esters is 2. The van der Waals surface area contributed by atoms with Gasteiger partial charge in [-0.15, -0.1) is 0 Å². The van der Waals surface area contributed by atoms with E-state index in [0.29, 0.717) is 6.42 Å². The van der Waals surface area contributed by atoms with Crippen molar-refractivity contribution in [2.24, 2.45) is 0 Å². The number of hydrogen-bond acceptors (Lipinski definition) is 3. The molecule has 0 saturated heterocycles. The number of benzene rings is 1. The largest absolute Gasteiger partial charge is 1.00 e. The van der Waals surface area contributed by atoms with Crippen molar-refractivity contribution in [1.29, 1.82) is 0 Å². The molecule has 0 aliphatic heterocycles. The van der Waals surface area contributed by atoms with Crippen LogP contribution in [0.2, 0.25) is 0 Å². The Bertz CT molecular complexity index is 404. The fourth-order valence-electron chi connectivity index (χ4n) is 1.13. The molecular weight excluding hydrogens is 211 g/mol. The SMILES string of the molecule is C=C(C)C(=O)OC(=O)CCc1ccccc1.[H-].[Li+]. The van der Waals surface area contributed by atoms with Crippen molar-refractivity contribution in [3.05, 3.63) is 48.0 Å². The van der Waals surface area contributed by atoms with Gasteiger partial charge in [-0.25, -0.2) is 4.79 Å². The van der Waals surface area contributed by atoms with E-state index in [0.717, 1.165) is 5.56 Å². The van der Waals surface area contributed by atoms with Crippen molar-refractivity contribution in [2.75, 3.05) is 0 Å². The van der Waals surface area contributed by atoms with Gasteiger partial charge in [-0.05, 0) is 18.9 Å². The monoisotopic (exact) mass is 226 g/mol. The van der Waals surface area contributed by atoms with E-state index in [4.69, 9.17) is 0 Å². The van der Waals surface area contributed by atoms with Crippen LogP contribution >= 0.6 is 0 Å². The normalized spacial score (nSPS) is 9.00. The second kappa shape index (κ2) is 7.89. The minimum Gasteiger partial charge on any atom is -1.00 e. The predicted octanol–water partition coefficient (Wildman–Crippen LogP) is -0.618. The maximum absolute atomic E-state index is 11.2. The first kappa shape index (κ1) is 15.7. The number of hydrogen-bond donors (Lipinski definition) is 0. The first-order chi connectivity index (χ1) is 7.59. The van der Waals surface area contributed by atoms with E-state index >= 15 is 0 Å². The summed E-state index contributed by atoms with van der Waals surface area (Å²) in [6, 6.07) is 9.56. The van der Waals surface area contributed by atoms with Crippen LogP contribution in [0.5, 0.6) is 0 Å². The van der Waals surface area contributed by atoms with E-state index in [1.807, 2.05) is 30.3 Å². The van der Waals surface area contributed by atoms with Gasteiger partial charge in [0.2, 0.25) is 0 Å². The van der Waals surface area contributed by atoms with Crippen LogP contribution in [0, 0.1) is 0 Å². The van der Waals surface area contributed by atoms with E-state index in [2.05, 4.69) is 11.3 Å². The summed E-state index contributed by atoms with van der Waals surface area (Å²) >= 11 is 0. The molecule has 0 aromatic heterocycles. The summed E-state index contributed by atoms with van der Waals surface area (Å²) in [4.78, 5) is 22.3. The molecule has 0 saturated carbocycles. The Labute approximate surface area is 115 Å². The van der Waals surface area contributed by atoms with Crippen LogP contribution < -0.4 is 18.9 Å². The average Bonchev–Trinajstić information content (AvgIpc) is 2.27. The molecular formula is C13H15LiO3. The summed E-state index contributed by atoms with van der Waals surface area (Å²) < 4.78 is 4.56. The van der Waals surface area contributed by atoms with Crippen LogP contribution in [0.15, 0.2) is 42.5 Å². The van der Waals surface area contributed by atoms with Crippen molar-refractivity contribution in [3.63, 3.8) is 0 Å². The van der Waals surface area contributed by atoms with Gasteiger partial charge >= 0.3 is 30.8 Å². The first-order valence-corrected chi connectivity index (χ1v) is 5.04.